The molecule has 1 aliphatic rings. The minimum Gasteiger partial charge on any atom is -0.352 e. The third kappa shape index (κ3) is 7.02. The van der Waals surface area contributed by atoms with Gasteiger partial charge in [0, 0.05) is 44.0 Å². The first kappa shape index (κ1) is 23.2. The van der Waals surface area contributed by atoms with E-state index < -0.39 is 15.8 Å². The van der Waals surface area contributed by atoms with E-state index in [0.29, 0.717) is 12.1 Å². The van der Waals surface area contributed by atoms with Crippen molar-refractivity contribution in [2.24, 2.45) is 0 Å². The van der Waals surface area contributed by atoms with Crippen molar-refractivity contribution < 1.29 is 17.6 Å². The zero-order valence-electron chi connectivity index (χ0n) is 17.7. The predicted octanol–water partition coefficient (Wildman–Crippen LogP) is 2.38. The second-order valence-electron chi connectivity index (χ2n) is 7.74. The Morgan fingerprint density at radius 2 is 1.61 bits per heavy atom. The number of halogens is 1. The van der Waals surface area contributed by atoms with E-state index in [9.17, 15) is 17.6 Å². The van der Waals surface area contributed by atoms with Crippen LogP contribution in [0.3, 0.4) is 0 Å². The fourth-order valence-electron chi connectivity index (χ4n) is 3.35. The second-order valence-corrected chi connectivity index (χ2v) is 9.43. The number of benzene rings is 2. The molecular formula is C22H29FN4O3S. The Labute approximate surface area is 183 Å². The first-order chi connectivity index (χ1) is 14.8. The van der Waals surface area contributed by atoms with Gasteiger partial charge >= 0.3 is 0 Å². The number of piperazine rings is 1. The molecule has 0 atom stereocenters. The molecule has 168 valence electrons. The van der Waals surface area contributed by atoms with Crippen LogP contribution in [0.4, 0.5) is 10.1 Å². The highest BCUT2D eigenvalue weighted by Crippen LogP contribution is 2.17. The average Bonchev–Trinajstić information content (AvgIpc) is 2.76. The molecule has 3 rings (SSSR count). The minimum atomic E-state index is -3.82. The molecule has 0 spiro atoms. The highest BCUT2D eigenvalue weighted by atomic mass is 32.2. The van der Waals surface area contributed by atoms with E-state index in [0.717, 1.165) is 45.6 Å². The van der Waals surface area contributed by atoms with Crippen LogP contribution in [0.2, 0.25) is 0 Å². The highest BCUT2D eigenvalue weighted by Gasteiger charge is 2.16. The van der Waals surface area contributed by atoms with Gasteiger partial charge in [0.05, 0.1) is 4.90 Å². The maximum Gasteiger partial charge on any atom is 0.261 e. The molecule has 1 amide bonds. The lowest BCUT2D eigenvalue weighted by atomic mass is 10.2. The number of anilines is 1. The summed E-state index contributed by atoms with van der Waals surface area (Å²) in [4.78, 5) is 17.1. The molecule has 31 heavy (non-hydrogen) atoms. The second kappa shape index (κ2) is 10.7. The lowest BCUT2D eigenvalue weighted by Gasteiger charge is -2.32. The van der Waals surface area contributed by atoms with Crippen molar-refractivity contribution >= 4 is 21.6 Å². The smallest absolute Gasteiger partial charge is 0.261 e. The van der Waals surface area contributed by atoms with Gasteiger partial charge in [-0.15, -0.1) is 0 Å². The van der Waals surface area contributed by atoms with Crippen molar-refractivity contribution in [2.45, 2.75) is 17.7 Å². The van der Waals surface area contributed by atoms with Crippen LogP contribution in [0.25, 0.3) is 0 Å². The van der Waals surface area contributed by atoms with Crippen molar-refractivity contribution in [3.63, 3.8) is 0 Å². The molecule has 2 N–H and O–H groups in total. The van der Waals surface area contributed by atoms with Crippen LogP contribution in [-0.2, 0) is 10.0 Å². The minimum absolute atomic E-state index is 0.0283. The van der Waals surface area contributed by atoms with Gasteiger partial charge in [-0.3, -0.25) is 9.52 Å². The van der Waals surface area contributed by atoms with Crippen molar-refractivity contribution in [2.75, 3.05) is 51.0 Å². The molecule has 9 heteroatoms. The van der Waals surface area contributed by atoms with E-state index >= 15 is 0 Å². The van der Waals surface area contributed by atoms with Gasteiger partial charge in [-0.1, -0.05) is 0 Å². The van der Waals surface area contributed by atoms with Crippen LogP contribution in [-0.4, -0.2) is 70.4 Å². The number of nitrogens with zero attached hydrogens (tertiary/aromatic N) is 2. The summed E-state index contributed by atoms with van der Waals surface area (Å²) < 4.78 is 40.3. The van der Waals surface area contributed by atoms with E-state index in [2.05, 4.69) is 26.9 Å². The zero-order valence-corrected chi connectivity index (χ0v) is 18.5. The molecule has 7 nitrogen and oxygen atoms in total. The summed E-state index contributed by atoms with van der Waals surface area (Å²) in [5.74, 6) is -0.673. The van der Waals surface area contributed by atoms with Crippen molar-refractivity contribution in [1.29, 1.82) is 0 Å². The Balaban J connectivity index is 1.43. The van der Waals surface area contributed by atoms with Gasteiger partial charge in [-0.05, 0) is 75.0 Å². The summed E-state index contributed by atoms with van der Waals surface area (Å²) in [6.07, 6.45) is 1.92. The summed E-state index contributed by atoms with van der Waals surface area (Å²) in [7, 11) is -1.68. The molecular weight excluding hydrogens is 419 g/mol. The average molecular weight is 449 g/mol. The van der Waals surface area contributed by atoms with Crippen LogP contribution in [0.15, 0.2) is 53.4 Å². The van der Waals surface area contributed by atoms with Crippen LogP contribution in [0.1, 0.15) is 23.2 Å². The Morgan fingerprint density at radius 3 is 2.26 bits per heavy atom. The SMILES string of the molecule is CN1CCN(CCCCNC(=O)c2ccc(S(=O)(=O)Nc3ccc(F)cc3)cc2)CC1. The lowest BCUT2D eigenvalue weighted by Crippen LogP contribution is -2.44. The largest absolute Gasteiger partial charge is 0.352 e. The monoisotopic (exact) mass is 448 g/mol. The molecule has 2 aromatic carbocycles. The molecule has 1 saturated heterocycles. The van der Waals surface area contributed by atoms with E-state index in [4.69, 9.17) is 0 Å². The molecule has 1 heterocycles. The van der Waals surface area contributed by atoms with Crippen molar-refractivity contribution in [1.82, 2.24) is 15.1 Å². The van der Waals surface area contributed by atoms with Gasteiger partial charge in [0.1, 0.15) is 5.82 Å². The summed E-state index contributed by atoms with van der Waals surface area (Å²) >= 11 is 0. The van der Waals surface area contributed by atoms with Crippen LogP contribution in [0, 0.1) is 5.82 Å². The van der Waals surface area contributed by atoms with Gasteiger partial charge in [-0.25, -0.2) is 12.8 Å². The normalized spacial score (nSPS) is 15.5. The van der Waals surface area contributed by atoms with Crippen LogP contribution < -0.4 is 10.0 Å². The molecule has 0 aliphatic carbocycles. The Hall–Kier alpha value is -2.49. The Kier molecular flexibility index (Phi) is 8.00. The molecule has 0 unspecified atom stereocenters. The number of hydrogen-bond acceptors (Lipinski definition) is 5. The maximum atomic E-state index is 13.0. The molecule has 0 bridgehead atoms. The number of carbonyl (C=O) groups is 1. The highest BCUT2D eigenvalue weighted by molar-refractivity contribution is 7.92. The maximum absolute atomic E-state index is 13.0. The summed E-state index contributed by atoms with van der Waals surface area (Å²) in [5.41, 5.74) is 0.666. The first-order valence-electron chi connectivity index (χ1n) is 10.4. The van der Waals surface area contributed by atoms with Gasteiger partial charge in [-0.2, -0.15) is 0 Å². The standard InChI is InChI=1S/C22H29FN4O3S/c1-26-14-16-27(17-15-26)13-3-2-12-24-22(28)18-4-10-21(11-5-18)31(29,30)25-20-8-6-19(23)7-9-20/h4-11,25H,2-3,12-17H2,1H3,(H,24,28). The summed E-state index contributed by atoms with van der Waals surface area (Å²) in [5, 5.41) is 2.88. The van der Waals surface area contributed by atoms with Gasteiger partial charge in [0.2, 0.25) is 0 Å². The molecule has 1 aliphatic heterocycles. The number of unbranched alkanes of at least 4 members (excludes halogenated alkanes) is 1. The Bertz CT molecular complexity index is 957. The Morgan fingerprint density at radius 1 is 0.968 bits per heavy atom. The summed E-state index contributed by atoms with van der Waals surface area (Å²) in [6.45, 7) is 6.00. The number of nitrogens with one attached hydrogen (secondary N) is 2. The number of rotatable bonds is 9. The number of likely N-dealkylation sites (N-methyl/N-ethyl adjacent to an activating group) is 1. The quantitative estimate of drug-likeness (QED) is 0.576. The fourth-order valence-corrected chi connectivity index (χ4v) is 4.41. The van der Waals surface area contributed by atoms with Crippen molar-refractivity contribution in [3.05, 3.63) is 59.9 Å². The summed E-state index contributed by atoms with van der Waals surface area (Å²) in [6, 6.07) is 10.8. The third-order valence-corrected chi connectivity index (χ3v) is 6.70. The van der Waals surface area contributed by atoms with E-state index in [-0.39, 0.29) is 16.5 Å². The first-order valence-corrected chi connectivity index (χ1v) is 11.9. The van der Waals surface area contributed by atoms with Crippen LogP contribution in [0.5, 0.6) is 0 Å². The number of amides is 1. The van der Waals surface area contributed by atoms with Gasteiger partial charge < -0.3 is 15.1 Å². The molecule has 0 aromatic heterocycles. The lowest BCUT2D eigenvalue weighted by molar-refractivity contribution is 0.0951. The molecule has 2 aromatic rings. The number of hydrogen-bond donors (Lipinski definition) is 2. The van der Waals surface area contributed by atoms with E-state index in [1.54, 1.807) is 0 Å². The molecule has 1 fully saturated rings. The fraction of sp³-hybridized carbons (Fsp3) is 0.409. The van der Waals surface area contributed by atoms with Gasteiger partial charge in [0.15, 0.2) is 0 Å². The van der Waals surface area contributed by atoms with Crippen molar-refractivity contribution in [3.8, 4) is 0 Å². The van der Waals surface area contributed by atoms with E-state index in [1.807, 2.05) is 0 Å². The molecule has 0 radical (unpaired) electrons. The van der Waals surface area contributed by atoms with E-state index in [1.165, 1.54) is 48.5 Å². The van der Waals surface area contributed by atoms with Crippen LogP contribution >= 0.6 is 0 Å². The topological polar surface area (TPSA) is 81.8 Å². The number of carbonyl (C=O) groups excluding carboxylic acids is 1. The predicted molar refractivity (Wildman–Crippen MR) is 119 cm³/mol. The zero-order chi connectivity index (χ0) is 22.3. The third-order valence-electron chi connectivity index (χ3n) is 5.31. The molecule has 0 saturated carbocycles. The van der Waals surface area contributed by atoms with Gasteiger partial charge in [0.25, 0.3) is 15.9 Å². The number of sulfonamides is 1.